The fraction of sp³-hybridized carbons (Fsp3) is 0.500. The molecule has 1 amide bonds. The molecule has 0 heterocycles. The number of carbonyl (C=O) groups is 2. The maximum absolute atomic E-state index is 12.5. The Labute approximate surface area is 159 Å². The number of rotatable bonds is 5. The number of hydrogen-bond acceptors (Lipinski definition) is 6. The zero-order chi connectivity index (χ0) is 20.2. The highest BCUT2D eigenvalue weighted by Crippen LogP contribution is 2.41. The molecule has 148 valence electrons. The van der Waals surface area contributed by atoms with E-state index in [1.165, 1.54) is 7.11 Å². The van der Waals surface area contributed by atoms with Crippen LogP contribution in [0.1, 0.15) is 38.7 Å². The predicted molar refractivity (Wildman–Crippen MR) is 100 cm³/mol. The van der Waals surface area contributed by atoms with Gasteiger partial charge in [-0.15, -0.1) is 0 Å². The molecule has 1 N–H and O–H groups in total. The molecule has 1 aliphatic rings. The molecule has 0 saturated carbocycles. The lowest BCUT2D eigenvalue weighted by Gasteiger charge is -2.29. The van der Waals surface area contributed by atoms with Crippen molar-refractivity contribution in [3.05, 3.63) is 35.9 Å². The Hall–Kier alpha value is -2.70. The lowest BCUT2D eigenvalue weighted by Crippen LogP contribution is -2.54. The number of carbonyl (C=O) groups excluding carboxylic acids is 2. The van der Waals surface area contributed by atoms with Crippen molar-refractivity contribution in [2.24, 2.45) is 0 Å². The van der Waals surface area contributed by atoms with Gasteiger partial charge in [-0.2, -0.15) is 0 Å². The monoisotopic (exact) mass is 377 g/mol. The molecular weight excluding hydrogens is 350 g/mol. The summed E-state index contributed by atoms with van der Waals surface area (Å²) in [6, 6.07) is 5.49. The van der Waals surface area contributed by atoms with E-state index in [9.17, 15) is 9.59 Å². The number of nitrogens with one attached hydrogen (secondary N) is 1. The van der Waals surface area contributed by atoms with Crippen LogP contribution in [0.4, 0.5) is 4.79 Å². The Morgan fingerprint density at radius 2 is 1.85 bits per heavy atom. The van der Waals surface area contributed by atoms with Gasteiger partial charge in [0.2, 0.25) is 0 Å². The number of allylic oxidation sites excluding steroid dienone is 1. The maximum Gasteiger partial charge on any atom is 0.408 e. The second kappa shape index (κ2) is 7.90. The fourth-order valence-corrected chi connectivity index (χ4v) is 3.06. The second-order valence-electron chi connectivity index (χ2n) is 7.37. The van der Waals surface area contributed by atoms with Gasteiger partial charge in [-0.3, -0.25) is 0 Å². The number of amides is 1. The Bertz CT molecular complexity index is 736. The highest BCUT2D eigenvalue weighted by Gasteiger charge is 2.45. The SMILES string of the molecule is COC(=O)[C@@]1(NC(=O)OC(C)(C)C)C=C[C@H](c2ccc(OC)cc2OC)C1. The molecule has 0 bridgehead atoms. The van der Waals surface area contributed by atoms with Crippen LogP contribution < -0.4 is 14.8 Å². The van der Waals surface area contributed by atoms with Gasteiger partial charge in [0.15, 0.2) is 5.54 Å². The molecule has 7 nitrogen and oxygen atoms in total. The van der Waals surface area contributed by atoms with E-state index in [1.807, 2.05) is 18.2 Å². The van der Waals surface area contributed by atoms with Gasteiger partial charge in [0.25, 0.3) is 0 Å². The van der Waals surface area contributed by atoms with Crippen LogP contribution in [0, 0.1) is 0 Å². The molecule has 1 aromatic carbocycles. The third kappa shape index (κ3) is 4.72. The third-order valence-corrected chi connectivity index (χ3v) is 4.27. The third-order valence-electron chi connectivity index (χ3n) is 4.27. The first-order valence-corrected chi connectivity index (χ1v) is 8.65. The van der Waals surface area contributed by atoms with Gasteiger partial charge < -0.3 is 24.3 Å². The lowest BCUT2D eigenvalue weighted by molar-refractivity contribution is -0.146. The lowest BCUT2D eigenvalue weighted by atomic mass is 9.90. The van der Waals surface area contributed by atoms with Crippen molar-refractivity contribution in [2.45, 2.75) is 44.2 Å². The van der Waals surface area contributed by atoms with Gasteiger partial charge in [-0.1, -0.05) is 18.2 Å². The van der Waals surface area contributed by atoms with Crippen LogP contribution in [0.15, 0.2) is 30.4 Å². The van der Waals surface area contributed by atoms with Gasteiger partial charge in [-0.05, 0) is 33.3 Å². The van der Waals surface area contributed by atoms with E-state index in [0.29, 0.717) is 17.9 Å². The van der Waals surface area contributed by atoms with E-state index < -0.39 is 23.2 Å². The Morgan fingerprint density at radius 3 is 2.41 bits per heavy atom. The summed E-state index contributed by atoms with van der Waals surface area (Å²) in [6.07, 6.45) is 3.12. The number of esters is 1. The van der Waals surface area contributed by atoms with Crippen LogP contribution in [0.3, 0.4) is 0 Å². The van der Waals surface area contributed by atoms with Crippen molar-refractivity contribution >= 4 is 12.1 Å². The summed E-state index contributed by atoms with van der Waals surface area (Å²) in [7, 11) is 4.44. The van der Waals surface area contributed by atoms with Gasteiger partial charge >= 0.3 is 12.1 Å². The first-order valence-electron chi connectivity index (χ1n) is 8.65. The summed E-state index contributed by atoms with van der Waals surface area (Å²) < 4.78 is 20.9. The fourth-order valence-electron chi connectivity index (χ4n) is 3.06. The molecule has 0 spiro atoms. The van der Waals surface area contributed by atoms with Crippen LogP contribution in [0.25, 0.3) is 0 Å². The number of benzene rings is 1. The van der Waals surface area contributed by atoms with E-state index in [-0.39, 0.29) is 5.92 Å². The Balaban J connectivity index is 2.28. The largest absolute Gasteiger partial charge is 0.497 e. The van der Waals surface area contributed by atoms with Gasteiger partial charge in [0, 0.05) is 17.5 Å². The van der Waals surface area contributed by atoms with E-state index >= 15 is 0 Å². The van der Waals surface area contributed by atoms with Gasteiger partial charge in [-0.25, -0.2) is 9.59 Å². The molecular formula is C20H27NO6. The molecule has 0 saturated heterocycles. The van der Waals surface area contributed by atoms with Crippen molar-refractivity contribution in [1.82, 2.24) is 5.32 Å². The number of ether oxygens (including phenoxy) is 4. The molecule has 1 aromatic rings. The van der Waals surface area contributed by atoms with E-state index in [2.05, 4.69) is 5.32 Å². The average Bonchev–Trinajstić information content (AvgIpc) is 3.03. The molecule has 0 aromatic heterocycles. The summed E-state index contributed by atoms with van der Waals surface area (Å²) in [4.78, 5) is 24.7. The number of methoxy groups -OCH3 is 3. The Morgan fingerprint density at radius 1 is 1.15 bits per heavy atom. The molecule has 0 unspecified atom stereocenters. The number of alkyl carbamates (subject to hydrolysis) is 1. The quantitative estimate of drug-likeness (QED) is 0.627. The summed E-state index contributed by atoms with van der Waals surface area (Å²) in [5, 5.41) is 2.67. The van der Waals surface area contributed by atoms with Crippen LogP contribution in [-0.4, -0.2) is 44.5 Å². The highest BCUT2D eigenvalue weighted by atomic mass is 16.6. The van der Waals surface area contributed by atoms with Crippen molar-refractivity contribution < 1.29 is 28.5 Å². The van der Waals surface area contributed by atoms with E-state index in [4.69, 9.17) is 18.9 Å². The zero-order valence-corrected chi connectivity index (χ0v) is 16.6. The standard InChI is InChI=1S/C20H27NO6/c1-19(2,3)27-18(23)21-20(17(22)26-6)10-9-13(12-20)15-8-7-14(24-4)11-16(15)25-5/h7-11,13H,12H2,1-6H3,(H,21,23)/t13-,20+/m0/s1. The zero-order valence-electron chi connectivity index (χ0n) is 16.6. The van der Waals surface area contributed by atoms with Gasteiger partial charge in [0.05, 0.1) is 21.3 Å². The first-order chi connectivity index (χ1) is 12.6. The summed E-state index contributed by atoms with van der Waals surface area (Å²) in [6.45, 7) is 5.27. The molecule has 0 fully saturated rings. The van der Waals surface area contributed by atoms with Crippen LogP contribution in [0.5, 0.6) is 11.5 Å². The van der Waals surface area contributed by atoms with E-state index in [0.717, 1.165) is 5.56 Å². The summed E-state index contributed by atoms with van der Waals surface area (Å²) >= 11 is 0. The summed E-state index contributed by atoms with van der Waals surface area (Å²) in [5.74, 6) is 0.602. The van der Waals surface area contributed by atoms with Crippen molar-refractivity contribution in [3.8, 4) is 11.5 Å². The van der Waals surface area contributed by atoms with Crippen LogP contribution in [0.2, 0.25) is 0 Å². The minimum atomic E-state index is -1.30. The second-order valence-corrected chi connectivity index (χ2v) is 7.37. The molecule has 7 heteroatoms. The maximum atomic E-state index is 12.5. The normalized spacial score (nSPS) is 21.5. The molecule has 27 heavy (non-hydrogen) atoms. The smallest absolute Gasteiger partial charge is 0.408 e. The first kappa shape index (κ1) is 20.6. The van der Waals surface area contributed by atoms with Crippen molar-refractivity contribution in [1.29, 1.82) is 0 Å². The molecule has 0 radical (unpaired) electrons. The van der Waals surface area contributed by atoms with Crippen molar-refractivity contribution in [2.75, 3.05) is 21.3 Å². The van der Waals surface area contributed by atoms with Gasteiger partial charge in [0.1, 0.15) is 17.1 Å². The molecule has 2 rings (SSSR count). The predicted octanol–water partition coefficient (Wildman–Crippen LogP) is 3.18. The topological polar surface area (TPSA) is 83.1 Å². The molecule has 1 aliphatic carbocycles. The minimum absolute atomic E-state index is 0.153. The number of hydrogen-bond donors (Lipinski definition) is 1. The molecule has 2 atom stereocenters. The average molecular weight is 377 g/mol. The van der Waals surface area contributed by atoms with E-state index in [1.54, 1.807) is 47.1 Å². The van der Waals surface area contributed by atoms with Crippen LogP contribution in [-0.2, 0) is 14.3 Å². The summed E-state index contributed by atoms with van der Waals surface area (Å²) in [5.41, 5.74) is -1.10. The molecule has 0 aliphatic heterocycles. The highest BCUT2D eigenvalue weighted by molar-refractivity contribution is 5.89. The van der Waals surface area contributed by atoms with Crippen molar-refractivity contribution in [3.63, 3.8) is 0 Å². The minimum Gasteiger partial charge on any atom is -0.497 e. The van der Waals surface area contributed by atoms with Crippen LogP contribution >= 0.6 is 0 Å². The Kier molecular flexibility index (Phi) is 6.03.